The number of carbonyl (C=O) groups excluding carboxylic acids is 1. The van der Waals surface area contributed by atoms with Gasteiger partial charge in [0, 0.05) is 38.1 Å². The molecule has 1 aliphatic rings. The molecule has 1 aliphatic heterocycles. The van der Waals surface area contributed by atoms with Gasteiger partial charge in [-0.25, -0.2) is 4.98 Å². The topological polar surface area (TPSA) is 63.1 Å². The lowest BCUT2D eigenvalue weighted by Crippen LogP contribution is -2.37. The first-order valence-electron chi connectivity index (χ1n) is 7.60. The van der Waals surface area contributed by atoms with Gasteiger partial charge in [-0.15, -0.1) is 0 Å². The Morgan fingerprint density at radius 1 is 1.36 bits per heavy atom. The van der Waals surface area contributed by atoms with Gasteiger partial charge in [0.15, 0.2) is 0 Å². The number of nitrogens with zero attached hydrogens (tertiary/aromatic N) is 4. The van der Waals surface area contributed by atoms with Crippen LogP contribution in [0, 0.1) is 0 Å². The SMILES string of the molecule is CC(C)NC(=O)c1cnc2n1CCN(Cc1cccnc1)C2. The smallest absolute Gasteiger partial charge is 0.269 e. The van der Waals surface area contributed by atoms with Gasteiger partial charge in [-0.1, -0.05) is 6.07 Å². The molecule has 6 nitrogen and oxygen atoms in total. The zero-order chi connectivity index (χ0) is 15.5. The molecule has 1 N–H and O–H groups in total. The number of carbonyl (C=O) groups is 1. The van der Waals surface area contributed by atoms with Crippen molar-refractivity contribution in [2.75, 3.05) is 6.54 Å². The number of hydrogen-bond acceptors (Lipinski definition) is 4. The van der Waals surface area contributed by atoms with E-state index < -0.39 is 0 Å². The summed E-state index contributed by atoms with van der Waals surface area (Å²) in [5.41, 5.74) is 1.85. The summed E-state index contributed by atoms with van der Waals surface area (Å²) in [5.74, 6) is 0.901. The maximum absolute atomic E-state index is 12.2. The molecule has 3 rings (SSSR count). The van der Waals surface area contributed by atoms with Crippen molar-refractivity contribution in [2.45, 2.75) is 39.5 Å². The van der Waals surface area contributed by atoms with Gasteiger partial charge in [0.05, 0.1) is 12.7 Å². The number of fused-ring (bicyclic) bond motifs is 1. The van der Waals surface area contributed by atoms with Crippen LogP contribution in [-0.4, -0.2) is 37.9 Å². The molecule has 0 bridgehead atoms. The summed E-state index contributed by atoms with van der Waals surface area (Å²) in [6.45, 7) is 7.22. The maximum atomic E-state index is 12.2. The van der Waals surface area contributed by atoms with E-state index in [0.29, 0.717) is 5.69 Å². The number of aromatic nitrogens is 3. The van der Waals surface area contributed by atoms with E-state index in [4.69, 9.17) is 0 Å². The first kappa shape index (κ1) is 14.7. The number of rotatable bonds is 4. The predicted octanol–water partition coefficient (Wildman–Crippen LogP) is 1.43. The highest BCUT2D eigenvalue weighted by Gasteiger charge is 2.23. The van der Waals surface area contributed by atoms with Crippen molar-refractivity contribution in [2.24, 2.45) is 0 Å². The highest BCUT2D eigenvalue weighted by Crippen LogP contribution is 2.16. The highest BCUT2D eigenvalue weighted by atomic mass is 16.2. The van der Waals surface area contributed by atoms with Crippen LogP contribution in [-0.2, 0) is 19.6 Å². The molecular weight excluding hydrogens is 278 g/mol. The Balaban J connectivity index is 1.70. The minimum absolute atomic E-state index is 0.0468. The van der Waals surface area contributed by atoms with Crippen LogP contribution in [0.25, 0.3) is 0 Å². The van der Waals surface area contributed by atoms with Gasteiger partial charge in [-0.2, -0.15) is 0 Å². The quantitative estimate of drug-likeness (QED) is 0.928. The first-order valence-corrected chi connectivity index (χ1v) is 7.60. The van der Waals surface area contributed by atoms with Crippen molar-refractivity contribution in [1.82, 2.24) is 24.8 Å². The number of amides is 1. The molecule has 2 aromatic rings. The third kappa shape index (κ3) is 3.17. The predicted molar refractivity (Wildman–Crippen MR) is 83.2 cm³/mol. The second-order valence-electron chi connectivity index (χ2n) is 5.91. The van der Waals surface area contributed by atoms with E-state index in [1.165, 1.54) is 5.56 Å². The van der Waals surface area contributed by atoms with Gasteiger partial charge < -0.3 is 9.88 Å². The second-order valence-corrected chi connectivity index (χ2v) is 5.91. The van der Waals surface area contributed by atoms with Crippen LogP contribution >= 0.6 is 0 Å². The summed E-state index contributed by atoms with van der Waals surface area (Å²) in [4.78, 5) is 23.1. The van der Waals surface area contributed by atoms with Gasteiger partial charge >= 0.3 is 0 Å². The van der Waals surface area contributed by atoms with Crippen LogP contribution in [0.4, 0.5) is 0 Å². The summed E-state index contributed by atoms with van der Waals surface area (Å²) >= 11 is 0. The van der Waals surface area contributed by atoms with Crippen molar-refractivity contribution in [3.63, 3.8) is 0 Å². The molecule has 0 unspecified atom stereocenters. The molecule has 0 saturated carbocycles. The number of nitrogens with one attached hydrogen (secondary N) is 1. The third-order valence-corrected chi connectivity index (χ3v) is 3.72. The average Bonchev–Trinajstić information content (AvgIpc) is 2.91. The number of imidazole rings is 1. The average molecular weight is 299 g/mol. The standard InChI is InChI=1S/C16H21N5O/c1-12(2)19-16(22)14-9-18-15-11-20(6-7-21(14)15)10-13-4-3-5-17-8-13/h3-5,8-9,12H,6-7,10-11H2,1-2H3,(H,19,22). The molecule has 0 aliphatic carbocycles. The van der Waals surface area contributed by atoms with Crippen LogP contribution in [0.3, 0.4) is 0 Å². The summed E-state index contributed by atoms with van der Waals surface area (Å²) < 4.78 is 2.03. The van der Waals surface area contributed by atoms with Gasteiger partial charge in [0.1, 0.15) is 11.5 Å². The molecule has 22 heavy (non-hydrogen) atoms. The molecule has 116 valence electrons. The lowest BCUT2D eigenvalue weighted by molar-refractivity contribution is 0.0929. The molecule has 2 aromatic heterocycles. The monoisotopic (exact) mass is 299 g/mol. The van der Waals surface area contributed by atoms with Gasteiger partial charge in [0.25, 0.3) is 5.91 Å². The fourth-order valence-electron chi connectivity index (χ4n) is 2.71. The molecule has 1 amide bonds. The highest BCUT2D eigenvalue weighted by molar-refractivity contribution is 5.92. The Hall–Kier alpha value is -2.21. The van der Waals surface area contributed by atoms with E-state index in [1.807, 2.05) is 30.7 Å². The second kappa shape index (κ2) is 6.27. The molecule has 3 heterocycles. The summed E-state index contributed by atoms with van der Waals surface area (Å²) in [6, 6.07) is 4.16. The zero-order valence-electron chi connectivity index (χ0n) is 13.0. The molecule has 0 radical (unpaired) electrons. The summed E-state index contributed by atoms with van der Waals surface area (Å²) in [7, 11) is 0. The largest absolute Gasteiger partial charge is 0.349 e. The van der Waals surface area contributed by atoms with Gasteiger partial charge in [-0.3, -0.25) is 14.7 Å². The van der Waals surface area contributed by atoms with E-state index in [-0.39, 0.29) is 11.9 Å². The fourth-order valence-corrected chi connectivity index (χ4v) is 2.71. The van der Waals surface area contributed by atoms with Crippen molar-refractivity contribution >= 4 is 5.91 Å². The van der Waals surface area contributed by atoms with E-state index >= 15 is 0 Å². The number of pyridine rings is 1. The van der Waals surface area contributed by atoms with Crippen molar-refractivity contribution in [3.8, 4) is 0 Å². The summed E-state index contributed by atoms with van der Waals surface area (Å²) in [5, 5.41) is 2.92. The Bertz CT molecular complexity index is 650. The van der Waals surface area contributed by atoms with E-state index in [0.717, 1.165) is 32.0 Å². The van der Waals surface area contributed by atoms with Crippen LogP contribution in [0.2, 0.25) is 0 Å². The molecular formula is C16H21N5O. The molecule has 0 saturated heterocycles. The van der Waals surface area contributed by atoms with Gasteiger partial charge in [-0.05, 0) is 25.5 Å². The normalized spacial score (nSPS) is 14.9. The lowest BCUT2D eigenvalue weighted by atomic mass is 10.2. The van der Waals surface area contributed by atoms with Crippen molar-refractivity contribution < 1.29 is 4.79 Å². The summed E-state index contributed by atoms with van der Waals surface area (Å²) in [6.07, 6.45) is 5.36. The minimum Gasteiger partial charge on any atom is -0.349 e. The maximum Gasteiger partial charge on any atom is 0.269 e. The van der Waals surface area contributed by atoms with Crippen LogP contribution in [0.1, 0.15) is 35.7 Å². The lowest BCUT2D eigenvalue weighted by Gasteiger charge is -2.28. The Morgan fingerprint density at radius 3 is 2.95 bits per heavy atom. The van der Waals surface area contributed by atoms with Crippen LogP contribution < -0.4 is 5.32 Å². The fraction of sp³-hybridized carbons (Fsp3) is 0.438. The van der Waals surface area contributed by atoms with Crippen molar-refractivity contribution in [1.29, 1.82) is 0 Å². The Kier molecular flexibility index (Phi) is 4.20. The number of hydrogen-bond donors (Lipinski definition) is 1. The van der Waals surface area contributed by atoms with Crippen LogP contribution in [0.15, 0.2) is 30.7 Å². The Labute approximate surface area is 130 Å². The molecule has 0 aromatic carbocycles. The van der Waals surface area contributed by atoms with E-state index in [1.54, 1.807) is 12.4 Å². The van der Waals surface area contributed by atoms with E-state index in [9.17, 15) is 4.79 Å². The van der Waals surface area contributed by atoms with Crippen LogP contribution in [0.5, 0.6) is 0 Å². The molecule has 6 heteroatoms. The minimum atomic E-state index is -0.0468. The van der Waals surface area contributed by atoms with Crippen molar-refractivity contribution in [3.05, 3.63) is 47.8 Å². The van der Waals surface area contributed by atoms with Gasteiger partial charge in [0.2, 0.25) is 0 Å². The molecule has 0 fully saturated rings. The third-order valence-electron chi connectivity index (χ3n) is 3.72. The van der Waals surface area contributed by atoms with E-state index in [2.05, 4.69) is 26.3 Å². The molecule has 0 spiro atoms. The zero-order valence-corrected chi connectivity index (χ0v) is 13.0. The first-order chi connectivity index (χ1) is 10.6. The molecule has 0 atom stereocenters. The Morgan fingerprint density at radius 2 is 2.23 bits per heavy atom.